The van der Waals surface area contributed by atoms with Crippen LogP contribution in [0.1, 0.15) is 80.3 Å². The van der Waals surface area contributed by atoms with Gasteiger partial charge in [0.15, 0.2) is 5.69 Å². The van der Waals surface area contributed by atoms with Gasteiger partial charge in [-0.3, -0.25) is 19.1 Å². The van der Waals surface area contributed by atoms with Gasteiger partial charge >= 0.3 is 0 Å². The topological polar surface area (TPSA) is 99.6 Å². The van der Waals surface area contributed by atoms with Gasteiger partial charge in [-0.15, -0.1) is 0 Å². The maximum absolute atomic E-state index is 13.0. The van der Waals surface area contributed by atoms with Crippen molar-refractivity contribution in [3.63, 3.8) is 0 Å². The summed E-state index contributed by atoms with van der Waals surface area (Å²) in [5.74, 6) is -0.326. The van der Waals surface area contributed by atoms with Gasteiger partial charge in [0, 0.05) is 26.2 Å². The van der Waals surface area contributed by atoms with Crippen molar-refractivity contribution in [1.29, 1.82) is 0 Å². The molecule has 3 rings (SSSR count). The number of aromatic nitrogens is 2. The van der Waals surface area contributed by atoms with Crippen molar-refractivity contribution < 1.29 is 14.4 Å². The fourth-order valence-corrected chi connectivity index (χ4v) is 4.46. The molecule has 2 aliphatic heterocycles. The van der Waals surface area contributed by atoms with Gasteiger partial charge in [0.1, 0.15) is 11.2 Å². The molecule has 1 aromatic rings. The Bertz CT molecular complexity index is 843. The lowest BCUT2D eigenvalue weighted by Crippen LogP contribution is -2.62. The molecule has 1 fully saturated rings. The predicted molar refractivity (Wildman–Crippen MR) is 127 cm³/mol. The number of likely N-dealkylation sites (N-methyl/N-ethyl adjacent to an activating group) is 1. The minimum atomic E-state index is -1.06. The van der Waals surface area contributed by atoms with Crippen molar-refractivity contribution in [2.75, 3.05) is 39.8 Å². The molecule has 2 aliphatic rings. The largest absolute Gasteiger partial charge is 0.354 e. The van der Waals surface area contributed by atoms with Crippen LogP contribution < -0.4 is 10.6 Å². The molecule has 1 atom stereocenters. The molecule has 1 aromatic heterocycles. The average molecular weight is 461 g/mol. The number of carbonyl (C=O) groups is 3. The second-order valence-electron chi connectivity index (χ2n) is 10.0. The lowest BCUT2D eigenvalue weighted by molar-refractivity contribution is -0.132. The highest BCUT2D eigenvalue weighted by Gasteiger charge is 2.46. The Kier molecular flexibility index (Phi) is 8.51. The smallest absolute Gasteiger partial charge is 0.272 e. The lowest BCUT2D eigenvalue weighted by Gasteiger charge is -2.40. The summed E-state index contributed by atoms with van der Waals surface area (Å²) in [5, 5.41) is 10.2. The van der Waals surface area contributed by atoms with Crippen LogP contribution in [0.25, 0.3) is 0 Å². The first-order chi connectivity index (χ1) is 15.7. The molecule has 2 N–H and O–H groups in total. The van der Waals surface area contributed by atoms with E-state index >= 15 is 0 Å². The summed E-state index contributed by atoms with van der Waals surface area (Å²) < 4.78 is 1.50. The van der Waals surface area contributed by atoms with Crippen LogP contribution in [-0.4, -0.2) is 82.6 Å². The summed E-state index contributed by atoms with van der Waals surface area (Å²) in [6, 6.07) is 1.53. The minimum absolute atomic E-state index is 0.209. The molecule has 0 aliphatic carbocycles. The molecular weight excluding hydrogens is 420 g/mol. The number of rotatable bonds is 9. The molecule has 0 saturated carbocycles. The standard InChI is InChI=1S/C24H40N6O3/c1-18(2)10-12-26-23(33)24(3)17-30-20(22(32)28(24)4)16-19(27-30)21(31)25-11-9-15-29-13-7-5-6-8-14-29/h16,18H,5-15,17H2,1-4H3,(H,25,31)(H,26,33)/t24-/m0/s1. The van der Waals surface area contributed by atoms with Crippen LogP contribution in [0.3, 0.4) is 0 Å². The monoisotopic (exact) mass is 460 g/mol. The van der Waals surface area contributed by atoms with Gasteiger partial charge in [-0.05, 0) is 58.2 Å². The highest BCUT2D eigenvalue weighted by atomic mass is 16.2. The summed E-state index contributed by atoms with van der Waals surface area (Å²) in [5.41, 5.74) is -0.515. The molecule has 3 amide bonds. The molecule has 3 heterocycles. The highest BCUT2D eigenvalue weighted by molar-refractivity contribution is 6.01. The van der Waals surface area contributed by atoms with Crippen LogP contribution >= 0.6 is 0 Å². The Hall–Kier alpha value is -2.42. The van der Waals surface area contributed by atoms with Gasteiger partial charge in [-0.1, -0.05) is 26.7 Å². The Morgan fingerprint density at radius 1 is 1.12 bits per heavy atom. The second kappa shape index (κ2) is 11.1. The van der Waals surface area contributed by atoms with E-state index in [1.165, 1.54) is 41.3 Å². The van der Waals surface area contributed by atoms with Crippen LogP contribution in [0.2, 0.25) is 0 Å². The van der Waals surface area contributed by atoms with Crippen LogP contribution in [-0.2, 0) is 11.3 Å². The van der Waals surface area contributed by atoms with Crippen LogP contribution in [0.4, 0.5) is 0 Å². The van der Waals surface area contributed by atoms with Crippen molar-refractivity contribution in [2.45, 2.75) is 71.4 Å². The third-order valence-corrected chi connectivity index (χ3v) is 6.87. The maximum Gasteiger partial charge on any atom is 0.272 e. The molecule has 184 valence electrons. The summed E-state index contributed by atoms with van der Waals surface area (Å²) >= 11 is 0. The predicted octanol–water partition coefficient (Wildman–Crippen LogP) is 1.89. The molecule has 9 nitrogen and oxygen atoms in total. The van der Waals surface area contributed by atoms with Crippen molar-refractivity contribution in [3.05, 3.63) is 17.5 Å². The van der Waals surface area contributed by atoms with Crippen molar-refractivity contribution in [1.82, 2.24) is 30.2 Å². The Labute approximate surface area is 197 Å². The zero-order valence-electron chi connectivity index (χ0n) is 20.7. The number of carbonyl (C=O) groups excluding carboxylic acids is 3. The van der Waals surface area contributed by atoms with E-state index in [1.807, 2.05) is 0 Å². The van der Waals surface area contributed by atoms with Crippen molar-refractivity contribution >= 4 is 17.7 Å². The molecule has 0 unspecified atom stereocenters. The summed E-state index contributed by atoms with van der Waals surface area (Å²) in [6.45, 7) is 10.5. The van der Waals surface area contributed by atoms with E-state index in [2.05, 4.69) is 34.5 Å². The fourth-order valence-electron chi connectivity index (χ4n) is 4.46. The molecule has 1 saturated heterocycles. The molecule has 9 heteroatoms. The van der Waals surface area contributed by atoms with Gasteiger partial charge in [0.25, 0.3) is 11.8 Å². The van der Waals surface area contributed by atoms with Gasteiger partial charge in [-0.25, -0.2) is 0 Å². The van der Waals surface area contributed by atoms with Gasteiger partial charge in [0.2, 0.25) is 5.91 Å². The summed E-state index contributed by atoms with van der Waals surface area (Å²) in [7, 11) is 1.63. The summed E-state index contributed by atoms with van der Waals surface area (Å²) in [6.07, 6.45) is 6.88. The van der Waals surface area contributed by atoms with Crippen molar-refractivity contribution in [3.8, 4) is 0 Å². The van der Waals surface area contributed by atoms with Gasteiger partial charge in [0.05, 0.1) is 6.54 Å². The number of hydrogen-bond donors (Lipinski definition) is 2. The SMILES string of the molecule is CC(C)CCNC(=O)[C@]1(C)Cn2nc(C(=O)NCCCN3CCCCCC3)cc2C(=O)N1C. The quantitative estimate of drug-likeness (QED) is 0.548. The normalized spacial score (nSPS) is 21.6. The van der Waals surface area contributed by atoms with E-state index < -0.39 is 5.54 Å². The second-order valence-corrected chi connectivity index (χ2v) is 10.0. The maximum atomic E-state index is 13.0. The molecule has 0 radical (unpaired) electrons. The number of likely N-dealkylation sites (tertiary alicyclic amines) is 1. The molecular formula is C24H40N6O3. The molecule has 0 spiro atoms. The van der Waals surface area contributed by atoms with E-state index in [-0.39, 0.29) is 30.0 Å². The number of nitrogens with one attached hydrogen (secondary N) is 2. The van der Waals surface area contributed by atoms with Crippen LogP contribution in [0.5, 0.6) is 0 Å². The Morgan fingerprint density at radius 2 is 1.82 bits per heavy atom. The zero-order chi connectivity index (χ0) is 24.0. The van der Waals surface area contributed by atoms with Gasteiger partial charge < -0.3 is 20.4 Å². The Morgan fingerprint density at radius 3 is 2.48 bits per heavy atom. The lowest BCUT2D eigenvalue weighted by atomic mass is 9.95. The molecule has 0 bridgehead atoms. The fraction of sp³-hybridized carbons (Fsp3) is 0.750. The number of nitrogens with zero attached hydrogens (tertiary/aromatic N) is 4. The van der Waals surface area contributed by atoms with E-state index in [9.17, 15) is 14.4 Å². The average Bonchev–Trinajstić information content (AvgIpc) is 3.02. The molecule has 0 aromatic carbocycles. The Balaban J connectivity index is 1.57. The number of amides is 3. The third kappa shape index (κ3) is 6.13. The zero-order valence-corrected chi connectivity index (χ0v) is 20.7. The molecule has 33 heavy (non-hydrogen) atoms. The first kappa shape index (κ1) is 25.2. The third-order valence-electron chi connectivity index (χ3n) is 6.87. The summed E-state index contributed by atoms with van der Waals surface area (Å²) in [4.78, 5) is 42.4. The van der Waals surface area contributed by atoms with E-state index in [1.54, 1.807) is 14.0 Å². The van der Waals surface area contributed by atoms with E-state index in [0.29, 0.717) is 24.7 Å². The van der Waals surface area contributed by atoms with Gasteiger partial charge in [-0.2, -0.15) is 5.10 Å². The van der Waals surface area contributed by atoms with E-state index in [4.69, 9.17) is 0 Å². The van der Waals surface area contributed by atoms with Crippen LogP contribution in [0, 0.1) is 5.92 Å². The number of fused-ring (bicyclic) bond motifs is 1. The first-order valence-electron chi connectivity index (χ1n) is 12.4. The van der Waals surface area contributed by atoms with E-state index in [0.717, 1.165) is 32.5 Å². The number of hydrogen-bond acceptors (Lipinski definition) is 5. The minimum Gasteiger partial charge on any atom is -0.354 e. The van der Waals surface area contributed by atoms with Crippen LogP contribution in [0.15, 0.2) is 6.07 Å². The highest BCUT2D eigenvalue weighted by Crippen LogP contribution is 2.26. The first-order valence-corrected chi connectivity index (χ1v) is 12.4. The van der Waals surface area contributed by atoms with Crippen molar-refractivity contribution in [2.24, 2.45) is 5.92 Å².